The Bertz CT molecular complexity index is 2110. The number of aromatic nitrogens is 2. The van der Waals surface area contributed by atoms with Crippen LogP contribution in [-0.2, 0) is 31.0 Å². The van der Waals surface area contributed by atoms with E-state index in [9.17, 15) is 20.3 Å². The molecule has 11 nitrogen and oxygen atoms in total. The molecule has 270 valence electrons. The van der Waals surface area contributed by atoms with Gasteiger partial charge in [0.15, 0.2) is 17.3 Å². The molecule has 0 amide bonds. The Hall–Kier alpha value is -4.83. The molecule has 1 saturated heterocycles. The van der Waals surface area contributed by atoms with E-state index in [1.165, 1.54) is 13.1 Å². The second kappa shape index (κ2) is 16.2. The summed E-state index contributed by atoms with van der Waals surface area (Å²) in [6.07, 6.45) is 4.35. The minimum absolute atomic E-state index is 0.127. The lowest BCUT2D eigenvalue weighted by molar-refractivity contribution is -0.124. The van der Waals surface area contributed by atoms with Crippen molar-refractivity contribution in [2.24, 2.45) is 0 Å². The monoisotopic (exact) mass is 723 g/mol. The molecule has 52 heavy (non-hydrogen) atoms. The van der Waals surface area contributed by atoms with E-state index in [0.29, 0.717) is 52.1 Å². The average molecular weight is 724 g/mol. The fraction of sp³-hybridized carbons (Fsp3) is 0.350. The van der Waals surface area contributed by atoms with Gasteiger partial charge in [0, 0.05) is 62.2 Å². The van der Waals surface area contributed by atoms with Crippen molar-refractivity contribution in [3.8, 4) is 28.7 Å². The van der Waals surface area contributed by atoms with Crippen LogP contribution >= 0.6 is 11.6 Å². The Balaban J connectivity index is 1.19. The van der Waals surface area contributed by atoms with E-state index in [2.05, 4.69) is 34.3 Å². The number of nitriles is 1. The fourth-order valence-corrected chi connectivity index (χ4v) is 6.40. The van der Waals surface area contributed by atoms with Crippen LogP contribution < -0.4 is 14.8 Å². The molecule has 0 bridgehead atoms. The Morgan fingerprint density at radius 1 is 1.13 bits per heavy atom. The van der Waals surface area contributed by atoms with Crippen LogP contribution in [0.4, 0.5) is 0 Å². The number of hydrogen-bond acceptors (Lipinski definition) is 11. The molecule has 3 aromatic carbocycles. The van der Waals surface area contributed by atoms with Gasteiger partial charge in [0.05, 0.1) is 28.8 Å². The van der Waals surface area contributed by atoms with Crippen molar-refractivity contribution in [3.05, 3.63) is 106 Å². The highest BCUT2D eigenvalue weighted by Gasteiger charge is 2.29. The predicted molar refractivity (Wildman–Crippen MR) is 197 cm³/mol. The molecule has 5 aromatic rings. The third-order valence-corrected chi connectivity index (χ3v) is 9.95. The summed E-state index contributed by atoms with van der Waals surface area (Å²) in [5.41, 5.74) is 6.22. The van der Waals surface area contributed by atoms with Crippen molar-refractivity contribution in [1.29, 1.82) is 5.26 Å². The minimum Gasteiger partial charge on any atom is -0.488 e. The molecule has 0 aliphatic carbocycles. The maximum Gasteiger partial charge on any atom is 0.196 e. The Kier molecular flexibility index (Phi) is 11.5. The quantitative estimate of drug-likeness (QED) is 0.118. The number of nitrogens with one attached hydrogen (secondary N) is 1. The lowest BCUT2D eigenvalue weighted by Gasteiger charge is -2.26. The number of rotatable bonds is 15. The molecule has 6 rings (SSSR count). The van der Waals surface area contributed by atoms with Gasteiger partial charge in [-0.25, -0.2) is 4.98 Å². The van der Waals surface area contributed by atoms with Crippen LogP contribution in [0.5, 0.6) is 11.5 Å². The molecule has 12 heteroatoms. The number of fused-ring (bicyclic) bond motifs is 1. The molecule has 0 saturated carbocycles. The van der Waals surface area contributed by atoms with Crippen LogP contribution in [0.2, 0.25) is 5.02 Å². The standard InChI is InChI=1S/C40H42ClN5O6/c1-25-30(5-4-6-33(25)29-7-8-36-35(15-29)45-39(52-36)10-12-46-11-9-32(49)21-46)23-51-38-16-37(50-22-28-13-27(17-42)18-43-19-28)31(14-34(38)41)20-44-40(3,24-47)26(2)48/h4-8,13-16,18-19,32,44,47,49H,9-12,20-24H2,1-3H3/t32-,40-/m1/s1. The number of likely N-dealkylation sites (tertiary alicyclic amines) is 1. The maximum absolute atomic E-state index is 12.2. The van der Waals surface area contributed by atoms with Crippen molar-refractivity contribution in [3.63, 3.8) is 0 Å². The van der Waals surface area contributed by atoms with E-state index in [-0.39, 0.29) is 38.3 Å². The number of β-amino-alcohol motifs (C(OH)–C–C–N with tert-alkyl or cyclic N) is 1. The van der Waals surface area contributed by atoms with Gasteiger partial charge in [-0.05, 0) is 73.7 Å². The van der Waals surface area contributed by atoms with Crippen molar-refractivity contribution >= 4 is 28.5 Å². The number of carbonyl (C=O) groups is 1. The Morgan fingerprint density at radius 2 is 1.96 bits per heavy atom. The SMILES string of the molecule is CC(=O)[C@@](C)(CO)NCc1cc(Cl)c(OCc2cccc(-c3ccc4oc(CCN5CC[C@@H](O)C5)nc4c3)c2C)cc1OCc1cncc(C#N)c1. The van der Waals surface area contributed by atoms with E-state index < -0.39 is 5.54 Å². The number of hydrogen-bond donors (Lipinski definition) is 3. The fourth-order valence-electron chi connectivity index (χ4n) is 6.16. The average Bonchev–Trinajstić information content (AvgIpc) is 3.77. The van der Waals surface area contributed by atoms with Crippen LogP contribution in [0.3, 0.4) is 0 Å². The first kappa shape index (κ1) is 36.9. The molecule has 2 atom stereocenters. The molecule has 3 N–H and O–H groups in total. The molecule has 3 heterocycles. The van der Waals surface area contributed by atoms with Crippen LogP contribution in [0.25, 0.3) is 22.2 Å². The highest BCUT2D eigenvalue weighted by atomic mass is 35.5. The number of Topliss-reactive ketones (excluding diaryl/α,β-unsaturated/α-hetero) is 1. The smallest absolute Gasteiger partial charge is 0.196 e. The Morgan fingerprint density at radius 3 is 2.71 bits per heavy atom. The van der Waals surface area contributed by atoms with Crippen molar-refractivity contribution in [2.75, 3.05) is 26.2 Å². The molecule has 0 spiro atoms. The lowest BCUT2D eigenvalue weighted by Crippen LogP contribution is -2.51. The minimum atomic E-state index is -1.15. The molecule has 1 fully saturated rings. The molecule has 1 aliphatic heterocycles. The molecular weight excluding hydrogens is 682 g/mol. The zero-order chi connectivity index (χ0) is 36.8. The highest BCUT2D eigenvalue weighted by molar-refractivity contribution is 6.32. The molecule has 0 unspecified atom stereocenters. The topological polar surface area (TPSA) is 154 Å². The van der Waals surface area contributed by atoms with E-state index in [1.54, 1.807) is 31.3 Å². The molecule has 0 radical (unpaired) electrons. The van der Waals surface area contributed by atoms with Gasteiger partial charge in [0.1, 0.15) is 36.3 Å². The summed E-state index contributed by atoms with van der Waals surface area (Å²) >= 11 is 6.76. The summed E-state index contributed by atoms with van der Waals surface area (Å²) in [6.45, 7) is 7.65. The number of halogens is 1. The van der Waals surface area contributed by atoms with Gasteiger partial charge in [-0.2, -0.15) is 5.26 Å². The first-order valence-corrected chi connectivity index (χ1v) is 17.6. The lowest BCUT2D eigenvalue weighted by atomic mass is 9.96. The first-order valence-electron chi connectivity index (χ1n) is 17.2. The first-order chi connectivity index (χ1) is 25.0. The van der Waals surface area contributed by atoms with Crippen molar-refractivity contribution in [2.45, 2.75) is 65.0 Å². The number of oxazole rings is 1. The molecule has 1 aliphatic rings. The summed E-state index contributed by atoms with van der Waals surface area (Å²) in [4.78, 5) is 23.3. The normalized spacial score (nSPS) is 15.8. The predicted octanol–water partition coefficient (Wildman–Crippen LogP) is 5.92. The van der Waals surface area contributed by atoms with Crippen molar-refractivity contribution < 1.29 is 28.9 Å². The van der Waals surface area contributed by atoms with Crippen LogP contribution in [0.15, 0.2) is 71.4 Å². The number of aliphatic hydroxyl groups excluding tert-OH is 2. The van der Waals surface area contributed by atoms with E-state index in [4.69, 9.17) is 30.5 Å². The van der Waals surface area contributed by atoms with Gasteiger partial charge in [-0.3, -0.25) is 15.1 Å². The van der Waals surface area contributed by atoms with Gasteiger partial charge in [0.25, 0.3) is 0 Å². The number of ketones is 1. The van der Waals surface area contributed by atoms with Crippen LogP contribution in [-0.4, -0.2) is 68.7 Å². The maximum atomic E-state index is 12.2. The molecule has 2 aromatic heterocycles. The van der Waals surface area contributed by atoms with E-state index in [0.717, 1.165) is 52.9 Å². The van der Waals surface area contributed by atoms with Gasteiger partial charge >= 0.3 is 0 Å². The van der Waals surface area contributed by atoms with Gasteiger partial charge in [0.2, 0.25) is 0 Å². The summed E-state index contributed by atoms with van der Waals surface area (Å²) in [6, 6.07) is 19.3. The van der Waals surface area contributed by atoms with Gasteiger partial charge in [-0.15, -0.1) is 0 Å². The second-order valence-corrected chi connectivity index (χ2v) is 13.8. The zero-order valence-electron chi connectivity index (χ0n) is 29.5. The van der Waals surface area contributed by atoms with E-state index >= 15 is 0 Å². The van der Waals surface area contributed by atoms with Crippen molar-refractivity contribution in [1.82, 2.24) is 20.2 Å². The third-order valence-electron chi connectivity index (χ3n) is 9.66. The van der Waals surface area contributed by atoms with Crippen LogP contribution in [0, 0.1) is 18.3 Å². The van der Waals surface area contributed by atoms with E-state index in [1.807, 2.05) is 30.3 Å². The number of nitrogens with zero attached hydrogens (tertiary/aromatic N) is 4. The number of benzene rings is 3. The largest absolute Gasteiger partial charge is 0.488 e. The summed E-state index contributed by atoms with van der Waals surface area (Å²) in [7, 11) is 0. The van der Waals surface area contributed by atoms with Gasteiger partial charge in [-0.1, -0.05) is 35.9 Å². The highest BCUT2D eigenvalue weighted by Crippen LogP contribution is 2.35. The Labute approximate surface area is 307 Å². The zero-order valence-corrected chi connectivity index (χ0v) is 30.2. The summed E-state index contributed by atoms with van der Waals surface area (Å²) in [5.74, 6) is 1.34. The second-order valence-electron chi connectivity index (χ2n) is 13.4. The number of ether oxygens (including phenoxy) is 2. The number of pyridine rings is 1. The van der Waals surface area contributed by atoms with Gasteiger partial charge < -0.3 is 29.0 Å². The number of carbonyl (C=O) groups excluding carboxylic acids is 1. The van der Waals surface area contributed by atoms with Crippen LogP contribution in [0.1, 0.15) is 54.0 Å². The number of aliphatic hydroxyl groups is 2. The summed E-state index contributed by atoms with van der Waals surface area (Å²) < 4.78 is 18.5. The molecular formula is C40H42ClN5O6. The third kappa shape index (κ3) is 8.61. The summed E-state index contributed by atoms with van der Waals surface area (Å²) in [5, 5.41) is 32.5.